The largest absolute Gasteiger partial charge is 0.493 e. The van der Waals surface area contributed by atoms with Crippen molar-refractivity contribution in [1.29, 1.82) is 0 Å². The minimum absolute atomic E-state index is 0.153. The summed E-state index contributed by atoms with van der Waals surface area (Å²) >= 11 is 0. The highest BCUT2D eigenvalue weighted by Crippen LogP contribution is 2.39. The lowest BCUT2D eigenvalue weighted by Crippen LogP contribution is -2.41. The van der Waals surface area contributed by atoms with Crippen molar-refractivity contribution in [3.8, 4) is 11.5 Å². The number of nitrogens with zero attached hydrogens (tertiary/aromatic N) is 1. The first-order valence-corrected chi connectivity index (χ1v) is 9.61. The van der Waals surface area contributed by atoms with Crippen molar-refractivity contribution in [1.82, 2.24) is 0 Å². The quantitative estimate of drug-likeness (QED) is 0.806. The maximum Gasteiger partial charge on any atom is 0.306 e. The minimum atomic E-state index is -0.712. The van der Waals surface area contributed by atoms with Gasteiger partial charge in [-0.2, -0.15) is 0 Å². The first-order valence-electron chi connectivity index (χ1n) is 9.61. The van der Waals surface area contributed by atoms with Gasteiger partial charge in [0, 0.05) is 18.2 Å². The molecule has 1 saturated carbocycles. The molecule has 27 heavy (non-hydrogen) atoms. The Morgan fingerprint density at radius 1 is 1.07 bits per heavy atom. The van der Waals surface area contributed by atoms with Crippen LogP contribution in [0, 0.1) is 11.8 Å². The number of ether oxygens (including phenoxy) is 2. The van der Waals surface area contributed by atoms with Gasteiger partial charge in [0.15, 0.2) is 0 Å². The Hall–Kier alpha value is -2.69. The normalized spacial score (nSPS) is 24.3. The van der Waals surface area contributed by atoms with Crippen LogP contribution in [0.25, 0.3) is 0 Å². The molecule has 2 fully saturated rings. The van der Waals surface area contributed by atoms with Crippen LogP contribution in [0.2, 0.25) is 0 Å². The predicted molar refractivity (Wildman–Crippen MR) is 103 cm³/mol. The summed E-state index contributed by atoms with van der Waals surface area (Å²) in [5.41, 5.74) is 1.17. The van der Waals surface area contributed by atoms with E-state index in [1.807, 2.05) is 42.5 Å². The number of carbonyl (C=O) groups is 1. The lowest BCUT2D eigenvalue weighted by molar-refractivity contribution is -0.138. The third-order valence-electron chi connectivity index (χ3n) is 5.33. The second-order valence-corrected chi connectivity index (χ2v) is 7.39. The van der Waals surface area contributed by atoms with Crippen LogP contribution >= 0.6 is 0 Å². The van der Waals surface area contributed by atoms with E-state index < -0.39 is 5.97 Å². The van der Waals surface area contributed by atoms with Crippen molar-refractivity contribution in [2.45, 2.75) is 25.4 Å². The molecular formula is C22H25NO4. The summed E-state index contributed by atoms with van der Waals surface area (Å²) < 4.78 is 11.9. The van der Waals surface area contributed by atoms with Crippen LogP contribution in [0.1, 0.15) is 19.3 Å². The van der Waals surface area contributed by atoms with E-state index in [9.17, 15) is 4.79 Å². The van der Waals surface area contributed by atoms with Crippen molar-refractivity contribution in [2.24, 2.45) is 11.8 Å². The van der Waals surface area contributed by atoms with Crippen LogP contribution < -0.4 is 14.4 Å². The van der Waals surface area contributed by atoms with Gasteiger partial charge in [0.05, 0.1) is 19.1 Å². The zero-order chi connectivity index (χ0) is 18.6. The second kappa shape index (κ2) is 7.91. The highest BCUT2D eigenvalue weighted by Gasteiger charge is 2.43. The molecule has 0 bridgehead atoms. The van der Waals surface area contributed by atoms with Gasteiger partial charge in [-0.15, -0.1) is 0 Å². The average molecular weight is 367 g/mol. The fourth-order valence-electron chi connectivity index (χ4n) is 3.65. The predicted octanol–water partition coefficient (Wildman–Crippen LogP) is 3.83. The van der Waals surface area contributed by atoms with Crippen LogP contribution in [0.15, 0.2) is 54.6 Å². The van der Waals surface area contributed by atoms with Crippen molar-refractivity contribution in [3.63, 3.8) is 0 Å². The third-order valence-corrected chi connectivity index (χ3v) is 5.33. The lowest BCUT2D eigenvalue weighted by atomic mass is 10.1. The number of benzene rings is 2. The fourth-order valence-corrected chi connectivity index (χ4v) is 3.65. The Kier molecular flexibility index (Phi) is 5.19. The molecule has 2 aromatic rings. The molecule has 0 amide bonds. The van der Waals surface area contributed by atoms with E-state index in [0.717, 1.165) is 43.9 Å². The summed E-state index contributed by atoms with van der Waals surface area (Å²) in [7, 11) is 0. The fraction of sp³-hybridized carbons (Fsp3) is 0.409. The van der Waals surface area contributed by atoms with E-state index in [1.165, 1.54) is 5.69 Å². The number of carboxylic acids is 1. The number of hydrogen-bond donors (Lipinski definition) is 1. The van der Waals surface area contributed by atoms with E-state index >= 15 is 0 Å². The van der Waals surface area contributed by atoms with E-state index in [-0.39, 0.29) is 17.9 Å². The van der Waals surface area contributed by atoms with Gasteiger partial charge in [0.1, 0.15) is 17.6 Å². The molecule has 1 heterocycles. The molecule has 1 aliphatic heterocycles. The van der Waals surface area contributed by atoms with Gasteiger partial charge in [-0.3, -0.25) is 4.79 Å². The molecule has 5 heteroatoms. The molecule has 2 aliphatic rings. The standard InChI is InChI=1S/C22H25NO4/c24-22(25)21-13-16(21)15-26-18-10-8-17(9-11-18)23-12-4-7-20(14-23)27-19-5-2-1-3-6-19/h1-3,5-6,8-11,16,20-21H,4,7,12-15H2,(H,24,25)/t16-,20?,21-/m1/s1. The van der Waals surface area contributed by atoms with E-state index in [0.29, 0.717) is 6.61 Å². The van der Waals surface area contributed by atoms with Crippen LogP contribution in [-0.2, 0) is 4.79 Å². The molecule has 4 rings (SSSR count). The lowest BCUT2D eigenvalue weighted by Gasteiger charge is -2.34. The Labute approximate surface area is 159 Å². The highest BCUT2D eigenvalue weighted by atomic mass is 16.5. The monoisotopic (exact) mass is 367 g/mol. The molecule has 1 aliphatic carbocycles. The second-order valence-electron chi connectivity index (χ2n) is 7.39. The number of piperidine rings is 1. The Bertz CT molecular complexity index is 762. The molecule has 0 aromatic heterocycles. The Morgan fingerprint density at radius 3 is 2.56 bits per heavy atom. The number of aliphatic carboxylic acids is 1. The van der Waals surface area contributed by atoms with Gasteiger partial charge in [-0.1, -0.05) is 18.2 Å². The van der Waals surface area contributed by atoms with Crippen molar-refractivity contribution in [2.75, 3.05) is 24.6 Å². The summed E-state index contributed by atoms with van der Waals surface area (Å²) in [6.07, 6.45) is 3.09. The summed E-state index contributed by atoms with van der Waals surface area (Å²) in [5.74, 6) is 0.937. The smallest absolute Gasteiger partial charge is 0.306 e. The molecular weight excluding hydrogens is 342 g/mol. The van der Waals surface area contributed by atoms with Gasteiger partial charge in [0.25, 0.3) is 0 Å². The van der Waals surface area contributed by atoms with Crippen molar-refractivity contribution >= 4 is 11.7 Å². The molecule has 0 radical (unpaired) electrons. The van der Waals surface area contributed by atoms with E-state index in [1.54, 1.807) is 0 Å². The summed E-state index contributed by atoms with van der Waals surface area (Å²) in [4.78, 5) is 13.2. The SMILES string of the molecule is O=C(O)[C@@H]1C[C@@H]1COc1ccc(N2CCCC(Oc3ccccc3)C2)cc1. The maximum absolute atomic E-state index is 10.9. The van der Waals surface area contributed by atoms with Gasteiger partial charge < -0.3 is 19.5 Å². The summed E-state index contributed by atoms with van der Waals surface area (Å²) in [5, 5.41) is 8.94. The van der Waals surface area contributed by atoms with Gasteiger partial charge >= 0.3 is 5.97 Å². The van der Waals surface area contributed by atoms with Gasteiger partial charge in [-0.05, 0) is 55.7 Å². The van der Waals surface area contributed by atoms with Crippen LogP contribution in [-0.4, -0.2) is 36.9 Å². The number of para-hydroxylation sites is 1. The molecule has 0 spiro atoms. The van der Waals surface area contributed by atoms with Crippen LogP contribution in [0.3, 0.4) is 0 Å². The zero-order valence-corrected chi connectivity index (χ0v) is 15.3. The number of hydrogen-bond acceptors (Lipinski definition) is 4. The van der Waals surface area contributed by atoms with Gasteiger partial charge in [-0.25, -0.2) is 0 Å². The van der Waals surface area contributed by atoms with Gasteiger partial charge in [0.2, 0.25) is 0 Å². The Balaban J connectivity index is 1.29. The average Bonchev–Trinajstić information content (AvgIpc) is 3.48. The summed E-state index contributed by atoms with van der Waals surface area (Å²) in [6.45, 7) is 2.38. The molecule has 5 nitrogen and oxygen atoms in total. The maximum atomic E-state index is 10.9. The first-order chi connectivity index (χ1) is 13.2. The van der Waals surface area contributed by atoms with Crippen LogP contribution in [0.5, 0.6) is 11.5 Å². The van der Waals surface area contributed by atoms with Crippen molar-refractivity contribution in [3.05, 3.63) is 54.6 Å². The molecule has 2 aromatic carbocycles. The zero-order valence-electron chi connectivity index (χ0n) is 15.3. The first kappa shape index (κ1) is 17.7. The molecule has 1 N–H and O–H groups in total. The number of anilines is 1. The van der Waals surface area contributed by atoms with Crippen LogP contribution in [0.4, 0.5) is 5.69 Å². The third kappa shape index (κ3) is 4.54. The highest BCUT2D eigenvalue weighted by molar-refractivity contribution is 5.73. The topological polar surface area (TPSA) is 59.0 Å². The van der Waals surface area contributed by atoms with Crippen molar-refractivity contribution < 1.29 is 19.4 Å². The number of carboxylic acid groups (broad SMARTS) is 1. The van der Waals surface area contributed by atoms with E-state index in [2.05, 4.69) is 17.0 Å². The molecule has 142 valence electrons. The minimum Gasteiger partial charge on any atom is -0.493 e. The molecule has 1 saturated heterocycles. The number of rotatable bonds is 7. The molecule has 3 atom stereocenters. The van der Waals surface area contributed by atoms with E-state index in [4.69, 9.17) is 14.6 Å². The molecule has 1 unspecified atom stereocenters. The Morgan fingerprint density at radius 2 is 1.85 bits per heavy atom. The summed E-state index contributed by atoms with van der Waals surface area (Å²) in [6, 6.07) is 18.1.